The number of aliphatic hydroxyl groups excluding tert-OH is 1. The second-order valence-corrected chi connectivity index (χ2v) is 4.15. The van der Waals surface area contributed by atoms with Crippen LogP contribution in [0.5, 0.6) is 0 Å². The van der Waals surface area contributed by atoms with E-state index >= 15 is 0 Å². The maximum atomic E-state index is 9.06. The van der Waals surface area contributed by atoms with E-state index in [1.165, 1.54) is 0 Å². The summed E-state index contributed by atoms with van der Waals surface area (Å²) in [6.07, 6.45) is 0.755. The minimum Gasteiger partial charge on any atom is -0.390 e. The maximum absolute atomic E-state index is 9.06. The van der Waals surface area contributed by atoms with Gasteiger partial charge in [0.15, 0.2) is 0 Å². The predicted molar refractivity (Wildman–Crippen MR) is 63.4 cm³/mol. The number of hydrogen-bond donors (Lipinski definition) is 1. The normalized spacial score (nSPS) is 10.7. The minimum absolute atomic E-state index is 0.0180. The van der Waals surface area contributed by atoms with Crippen molar-refractivity contribution < 1.29 is 5.11 Å². The number of aromatic nitrogens is 2. The molecule has 0 amide bonds. The van der Waals surface area contributed by atoms with Gasteiger partial charge in [-0.3, -0.25) is 4.68 Å². The Morgan fingerprint density at radius 1 is 1.31 bits per heavy atom. The van der Waals surface area contributed by atoms with E-state index in [-0.39, 0.29) is 6.61 Å². The van der Waals surface area contributed by atoms with Crippen molar-refractivity contribution in [1.82, 2.24) is 9.78 Å². The van der Waals surface area contributed by atoms with Crippen molar-refractivity contribution in [2.24, 2.45) is 7.05 Å². The zero-order valence-corrected chi connectivity index (χ0v) is 9.78. The molecule has 0 bridgehead atoms. The van der Waals surface area contributed by atoms with Gasteiger partial charge in [-0.2, -0.15) is 5.10 Å². The molecule has 0 aliphatic carbocycles. The molecular formula is C12H13ClN2O. The van der Waals surface area contributed by atoms with Gasteiger partial charge in [-0.05, 0) is 23.8 Å². The molecule has 3 nitrogen and oxygen atoms in total. The molecule has 0 spiro atoms. The van der Waals surface area contributed by atoms with E-state index in [1.807, 2.05) is 37.4 Å². The Kier molecular flexibility index (Phi) is 3.27. The van der Waals surface area contributed by atoms with Gasteiger partial charge in [-0.25, -0.2) is 0 Å². The highest BCUT2D eigenvalue weighted by molar-refractivity contribution is 6.30. The molecule has 0 aliphatic rings. The molecule has 0 radical (unpaired) electrons. The van der Waals surface area contributed by atoms with E-state index in [9.17, 15) is 0 Å². The number of aliphatic hydroxyl groups is 1. The number of rotatable bonds is 3. The van der Waals surface area contributed by atoms with Crippen LogP contribution in [0.1, 0.15) is 17.0 Å². The van der Waals surface area contributed by atoms with Crippen LogP contribution in [-0.2, 0) is 20.1 Å². The molecule has 0 unspecified atom stereocenters. The molecule has 1 aromatic heterocycles. The monoisotopic (exact) mass is 236 g/mol. The molecule has 1 heterocycles. The Morgan fingerprint density at radius 2 is 2.00 bits per heavy atom. The molecule has 16 heavy (non-hydrogen) atoms. The number of hydrogen-bond acceptors (Lipinski definition) is 2. The van der Waals surface area contributed by atoms with Crippen LogP contribution in [0.15, 0.2) is 30.3 Å². The molecule has 2 rings (SSSR count). The van der Waals surface area contributed by atoms with Gasteiger partial charge in [0, 0.05) is 18.5 Å². The van der Waals surface area contributed by atoms with Gasteiger partial charge in [0.25, 0.3) is 0 Å². The lowest BCUT2D eigenvalue weighted by Gasteiger charge is -1.97. The van der Waals surface area contributed by atoms with Crippen LogP contribution in [0.3, 0.4) is 0 Å². The number of nitrogens with zero attached hydrogens (tertiary/aromatic N) is 2. The maximum Gasteiger partial charge on any atom is 0.0849 e. The molecule has 4 heteroatoms. The topological polar surface area (TPSA) is 38.0 Å². The fourth-order valence-electron chi connectivity index (χ4n) is 1.62. The standard InChI is InChI=1S/C12H13ClN2O/c1-15-12(8-16)7-11(14-15)6-9-2-4-10(13)5-3-9/h2-5,7,16H,6,8H2,1H3. The summed E-state index contributed by atoms with van der Waals surface area (Å²) in [4.78, 5) is 0. The van der Waals surface area contributed by atoms with E-state index in [0.717, 1.165) is 28.4 Å². The van der Waals surface area contributed by atoms with Crippen LogP contribution >= 0.6 is 11.6 Å². The lowest BCUT2D eigenvalue weighted by atomic mass is 10.1. The second kappa shape index (κ2) is 4.68. The first kappa shape index (κ1) is 11.2. The quantitative estimate of drug-likeness (QED) is 0.887. The summed E-state index contributed by atoms with van der Waals surface area (Å²) in [6.45, 7) is 0.0180. The van der Waals surface area contributed by atoms with E-state index in [1.54, 1.807) is 4.68 Å². The molecule has 2 aromatic rings. The Labute approximate surface area is 99.3 Å². The van der Waals surface area contributed by atoms with E-state index in [2.05, 4.69) is 5.10 Å². The summed E-state index contributed by atoms with van der Waals surface area (Å²) in [5.41, 5.74) is 2.94. The van der Waals surface area contributed by atoms with Crippen molar-refractivity contribution in [2.75, 3.05) is 0 Å². The highest BCUT2D eigenvalue weighted by atomic mass is 35.5. The summed E-state index contributed by atoms with van der Waals surface area (Å²) in [6, 6.07) is 9.61. The molecule has 0 aliphatic heterocycles. The molecule has 0 saturated heterocycles. The highest BCUT2D eigenvalue weighted by Gasteiger charge is 2.04. The molecule has 1 N–H and O–H groups in total. The van der Waals surface area contributed by atoms with Crippen LogP contribution in [0, 0.1) is 0 Å². The van der Waals surface area contributed by atoms with Crippen molar-refractivity contribution in [1.29, 1.82) is 0 Å². The summed E-state index contributed by atoms with van der Waals surface area (Å²) < 4.78 is 1.70. The third-order valence-corrected chi connectivity index (χ3v) is 2.74. The van der Waals surface area contributed by atoms with Gasteiger partial charge in [-0.1, -0.05) is 23.7 Å². The smallest absolute Gasteiger partial charge is 0.0849 e. The van der Waals surface area contributed by atoms with E-state index in [0.29, 0.717) is 0 Å². The Bertz CT molecular complexity index is 476. The van der Waals surface area contributed by atoms with Crippen LogP contribution in [0.4, 0.5) is 0 Å². The zero-order valence-electron chi connectivity index (χ0n) is 9.02. The molecule has 84 valence electrons. The number of aryl methyl sites for hydroxylation is 1. The average Bonchev–Trinajstić information content (AvgIpc) is 2.62. The highest BCUT2D eigenvalue weighted by Crippen LogP contribution is 2.13. The third kappa shape index (κ3) is 2.43. The fourth-order valence-corrected chi connectivity index (χ4v) is 1.74. The Hall–Kier alpha value is -1.32. The van der Waals surface area contributed by atoms with Crippen molar-refractivity contribution >= 4 is 11.6 Å². The minimum atomic E-state index is 0.0180. The summed E-state index contributed by atoms with van der Waals surface area (Å²) >= 11 is 5.81. The van der Waals surface area contributed by atoms with Gasteiger partial charge in [0.1, 0.15) is 0 Å². The third-order valence-electron chi connectivity index (χ3n) is 2.49. The van der Waals surface area contributed by atoms with E-state index < -0.39 is 0 Å². The first-order valence-electron chi connectivity index (χ1n) is 5.06. The fraction of sp³-hybridized carbons (Fsp3) is 0.250. The van der Waals surface area contributed by atoms with Gasteiger partial charge in [0.2, 0.25) is 0 Å². The average molecular weight is 237 g/mol. The largest absolute Gasteiger partial charge is 0.390 e. The Morgan fingerprint density at radius 3 is 2.56 bits per heavy atom. The van der Waals surface area contributed by atoms with Crippen molar-refractivity contribution in [2.45, 2.75) is 13.0 Å². The van der Waals surface area contributed by atoms with Crippen molar-refractivity contribution in [3.63, 3.8) is 0 Å². The second-order valence-electron chi connectivity index (χ2n) is 3.71. The van der Waals surface area contributed by atoms with Crippen molar-refractivity contribution in [3.8, 4) is 0 Å². The Balaban J connectivity index is 2.17. The molecule has 0 saturated carbocycles. The summed E-state index contributed by atoms with van der Waals surface area (Å²) in [5.74, 6) is 0. The molecule has 1 aromatic carbocycles. The van der Waals surface area contributed by atoms with Crippen LogP contribution < -0.4 is 0 Å². The van der Waals surface area contributed by atoms with Crippen molar-refractivity contribution in [3.05, 3.63) is 52.3 Å². The first-order valence-corrected chi connectivity index (χ1v) is 5.44. The number of halogens is 1. The van der Waals surface area contributed by atoms with Gasteiger partial charge in [-0.15, -0.1) is 0 Å². The number of benzene rings is 1. The summed E-state index contributed by atoms with van der Waals surface area (Å²) in [7, 11) is 1.83. The predicted octanol–water partition coefficient (Wildman–Crippen LogP) is 2.16. The SMILES string of the molecule is Cn1nc(Cc2ccc(Cl)cc2)cc1CO. The molecule has 0 fully saturated rings. The lowest BCUT2D eigenvalue weighted by Crippen LogP contribution is -1.97. The zero-order chi connectivity index (χ0) is 11.5. The van der Waals surface area contributed by atoms with E-state index in [4.69, 9.17) is 16.7 Å². The molecule has 0 atom stereocenters. The van der Waals surface area contributed by atoms with Gasteiger partial charge < -0.3 is 5.11 Å². The molecular weight excluding hydrogens is 224 g/mol. The van der Waals surface area contributed by atoms with Crippen LogP contribution in [-0.4, -0.2) is 14.9 Å². The van der Waals surface area contributed by atoms with Gasteiger partial charge >= 0.3 is 0 Å². The summed E-state index contributed by atoms with van der Waals surface area (Å²) in [5, 5.41) is 14.1. The van der Waals surface area contributed by atoms with Crippen LogP contribution in [0.2, 0.25) is 5.02 Å². The first-order chi connectivity index (χ1) is 7.69. The lowest BCUT2D eigenvalue weighted by molar-refractivity contribution is 0.270. The van der Waals surface area contributed by atoms with Crippen LogP contribution in [0.25, 0.3) is 0 Å². The van der Waals surface area contributed by atoms with Gasteiger partial charge in [0.05, 0.1) is 18.0 Å².